The fourth-order valence-corrected chi connectivity index (χ4v) is 3.07. The Labute approximate surface area is 135 Å². The first-order chi connectivity index (χ1) is 10.1. The van der Waals surface area contributed by atoms with Crippen LogP contribution in [0.25, 0.3) is 0 Å². The van der Waals surface area contributed by atoms with E-state index in [0.717, 1.165) is 22.6 Å². The molecule has 0 heterocycles. The molecule has 0 aliphatic carbocycles. The predicted octanol–water partition coefficient (Wildman–Crippen LogP) is 4.90. The van der Waals surface area contributed by atoms with Crippen molar-refractivity contribution < 1.29 is 0 Å². The fourth-order valence-electron chi connectivity index (χ4n) is 2.00. The predicted molar refractivity (Wildman–Crippen MR) is 96.7 cm³/mol. The Bertz CT molecular complexity index is 613. The summed E-state index contributed by atoms with van der Waals surface area (Å²) in [6.45, 7) is 4.12. The highest BCUT2D eigenvalue weighted by Gasteiger charge is 2.03. The number of para-hydroxylation sites is 1. The summed E-state index contributed by atoms with van der Waals surface area (Å²) in [5, 5.41) is 0.612. The molecule has 0 bridgehead atoms. The largest absolute Gasteiger partial charge is 0.378 e. The van der Waals surface area contributed by atoms with E-state index in [9.17, 15) is 0 Å². The molecule has 2 rings (SSSR count). The van der Waals surface area contributed by atoms with Crippen LogP contribution >= 0.6 is 23.5 Å². The van der Waals surface area contributed by atoms with Gasteiger partial charge in [-0.05, 0) is 48.9 Å². The van der Waals surface area contributed by atoms with Crippen LogP contribution in [-0.4, -0.2) is 11.4 Å². The van der Waals surface area contributed by atoms with Gasteiger partial charge in [0.1, 0.15) is 0 Å². The van der Waals surface area contributed by atoms with Gasteiger partial charge in [-0.15, -0.1) is 11.8 Å². The molecule has 0 aromatic heterocycles. The molecule has 2 aromatic carbocycles. The second-order valence-corrected chi connectivity index (χ2v) is 6.70. The van der Waals surface area contributed by atoms with Crippen molar-refractivity contribution in [1.82, 2.24) is 0 Å². The van der Waals surface area contributed by atoms with Gasteiger partial charge >= 0.3 is 0 Å². The molecular formula is C17H20N2S2. The third-order valence-electron chi connectivity index (χ3n) is 3.21. The van der Waals surface area contributed by atoms with Crippen molar-refractivity contribution in [2.75, 3.05) is 6.26 Å². The maximum absolute atomic E-state index is 6.06. The van der Waals surface area contributed by atoms with Gasteiger partial charge in [-0.25, -0.2) is 4.99 Å². The van der Waals surface area contributed by atoms with Gasteiger partial charge in [-0.3, -0.25) is 0 Å². The van der Waals surface area contributed by atoms with E-state index in [1.54, 1.807) is 23.5 Å². The first-order valence-corrected chi connectivity index (χ1v) is 8.97. The minimum Gasteiger partial charge on any atom is -0.378 e. The van der Waals surface area contributed by atoms with Crippen molar-refractivity contribution in [2.24, 2.45) is 10.7 Å². The van der Waals surface area contributed by atoms with E-state index in [1.807, 2.05) is 6.07 Å². The van der Waals surface area contributed by atoms with E-state index in [2.05, 4.69) is 61.5 Å². The highest BCUT2D eigenvalue weighted by atomic mass is 32.2. The molecular weight excluding hydrogens is 296 g/mol. The number of aryl methyl sites for hydroxylation is 2. The number of hydrogen-bond acceptors (Lipinski definition) is 3. The molecule has 0 aliphatic rings. The SMILES string of the molecule is CSc1ccc(CSC(N)=Nc2c(C)cccc2C)cc1. The minimum atomic E-state index is 0.612. The van der Waals surface area contributed by atoms with Crippen LogP contribution in [0.2, 0.25) is 0 Å². The molecule has 0 aliphatic heterocycles. The van der Waals surface area contributed by atoms with Crippen LogP contribution < -0.4 is 5.73 Å². The summed E-state index contributed by atoms with van der Waals surface area (Å²) in [6, 6.07) is 14.7. The second-order valence-electron chi connectivity index (χ2n) is 4.83. The van der Waals surface area contributed by atoms with Crippen LogP contribution in [0.1, 0.15) is 16.7 Å². The van der Waals surface area contributed by atoms with Crippen molar-refractivity contribution in [3.05, 3.63) is 59.2 Å². The van der Waals surface area contributed by atoms with Crippen LogP contribution in [0.15, 0.2) is 52.4 Å². The number of rotatable bonds is 4. The number of aliphatic imine (C=N–C) groups is 1. The van der Waals surface area contributed by atoms with Crippen molar-refractivity contribution in [3.63, 3.8) is 0 Å². The molecule has 0 atom stereocenters. The second kappa shape index (κ2) is 7.57. The molecule has 4 heteroatoms. The van der Waals surface area contributed by atoms with Crippen LogP contribution in [0.4, 0.5) is 5.69 Å². The molecule has 2 nitrogen and oxygen atoms in total. The van der Waals surface area contributed by atoms with Gasteiger partial charge in [0.25, 0.3) is 0 Å². The summed E-state index contributed by atoms with van der Waals surface area (Å²) in [4.78, 5) is 5.84. The summed E-state index contributed by atoms with van der Waals surface area (Å²) < 4.78 is 0. The number of benzene rings is 2. The lowest BCUT2D eigenvalue weighted by atomic mass is 10.1. The molecule has 0 fully saturated rings. The van der Waals surface area contributed by atoms with E-state index in [0.29, 0.717) is 5.17 Å². The number of hydrogen-bond donors (Lipinski definition) is 1. The van der Waals surface area contributed by atoms with E-state index >= 15 is 0 Å². The molecule has 0 saturated carbocycles. The van der Waals surface area contributed by atoms with Gasteiger partial charge in [0.2, 0.25) is 0 Å². The fraction of sp³-hybridized carbons (Fsp3) is 0.235. The Morgan fingerprint density at radius 2 is 1.67 bits per heavy atom. The molecule has 0 saturated heterocycles. The molecule has 0 amide bonds. The average molecular weight is 316 g/mol. The molecule has 0 radical (unpaired) electrons. The molecule has 0 spiro atoms. The van der Waals surface area contributed by atoms with E-state index < -0.39 is 0 Å². The lowest BCUT2D eigenvalue weighted by molar-refractivity contribution is 1.32. The maximum atomic E-state index is 6.06. The minimum absolute atomic E-state index is 0.612. The third-order valence-corrected chi connectivity index (χ3v) is 4.82. The van der Waals surface area contributed by atoms with Gasteiger partial charge < -0.3 is 5.73 Å². The van der Waals surface area contributed by atoms with Gasteiger partial charge in [0, 0.05) is 10.6 Å². The van der Waals surface area contributed by atoms with Crippen molar-refractivity contribution >= 4 is 34.4 Å². The van der Waals surface area contributed by atoms with E-state index in [1.165, 1.54) is 10.5 Å². The highest BCUT2D eigenvalue weighted by Crippen LogP contribution is 2.25. The number of nitrogens with two attached hydrogens (primary N) is 1. The number of amidine groups is 1. The standard InChI is InChI=1S/C17H20N2S2/c1-12-5-4-6-13(2)16(12)19-17(18)21-11-14-7-9-15(20-3)10-8-14/h4-10H,11H2,1-3H3,(H2,18,19). The zero-order chi connectivity index (χ0) is 15.2. The Morgan fingerprint density at radius 3 is 2.24 bits per heavy atom. The van der Waals surface area contributed by atoms with Crippen LogP contribution in [0.3, 0.4) is 0 Å². The molecule has 2 N–H and O–H groups in total. The van der Waals surface area contributed by atoms with Crippen molar-refractivity contribution in [3.8, 4) is 0 Å². The lowest BCUT2D eigenvalue weighted by Crippen LogP contribution is -2.06. The monoisotopic (exact) mass is 316 g/mol. The summed E-state index contributed by atoms with van der Waals surface area (Å²) in [5.74, 6) is 0.842. The Morgan fingerprint density at radius 1 is 1.05 bits per heavy atom. The van der Waals surface area contributed by atoms with Crippen LogP contribution in [0, 0.1) is 13.8 Å². The molecule has 21 heavy (non-hydrogen) atoms. The zero-order valence-electron chi connectivity index (χ0n) is 12.6. The third kappa shape index (κ3) is 4.55. The first-order valence-electron chi connectivity index (χ1n) is 6.76. The normalized spacial score (nSPS) is 11.7. The quantitative estimate of drug-likeness (QED) is 0.495. The summed E-state index contributed by atoms with van der Waals surface area (Å²) in [6.07, 6.45) is 2.08. The molecule has 0 unspecified atom stereocenters. The van der Waals surface area contributed by atoms with Crippen LogP contribution in [-0.2, 0) is 5.75 Å². The van der Waals surface area contributed by atoms with E-state index in [4.69, 9.17) is 5.73 Å². The van der Waals surface area contributed by atoms with Gasteiger partial charge in [0.15, 0.2) is 5.17 Å². The summed E-state index contributed by atoms with van der Waals surface area (Å²) in [5.41, 5.74) is 10.6. The van der Waals surface area contributed by atoms with Crippen LogP contribution in [0.5, 0.6) is 0 Å². The number of nitrogens with zero attached hydrogens (tertiary/aromatic N) is 1. The topological polar surface area (TPSA) is 38.4 Å². The lowest BCUT2D eigenvalue weighted by Gasteiger charge is -2.06. The summed E-state index contributed by atoms with van der Waals surface area (Å²) in [7, 11) is 0. The highest BCUT2D eigenvalue weighted by molar-refractivity contribution is 8.13. The van der Waals surface area contributed by atoms with E-state index in [-0.39, 0.29) is 0 Å². The Balaban J connectivity index is 2.03. The average Bonchev–Trinajstić information content (AvgIpc) is 2.49. The molecule has 2 aromatic rings. The van der Waals surface area contributed by atoms with Gasteiger partial charge in [-0.1, -0.05) is 42.1 Å². The van der Waals surface area contributed by atoms with Gasteiger partial charge in [-0.2, -0.15) is 0 Å². The number of thioether (sulfide) groups is 2. The Kier molecular flexibility index (Phi) is 5.76. The maximum Gasteiger partial charge on any atom is 0.159 e. The Hall–Kier alpha value is -1.39. The first kappa shape index (κ1) is 16.0. The van der Waals surface area contributed by atoms with Crippen molar-refractivity contribution in [2.45, 2.75) is 24.5 Å². The molecule has 110 valence electrons. The summed E-state index contributed by atoms with van der Waals surface area (Å²) >= 11 is 3.33. The van der Waals surface area contributed by atoms with Gasteiger partial charge in [0.05, 0.1) is 5.69 Å². The zero-order valence-corrected chi connectivity index (χ0v) is 14.2. The van der Waals surface area contributed by atoms with Crippen molar-refractivity contribution in [1.29, 1.82) is 0 Å². The smallest absolute Gasteiger partial charge is 0.159 e.